The second-order valence-corrected chi connectivity index (χ2v) is 6.81. The second kappa shape index (κ2) is 6.13. The molecule has 104 valence electrons. The van der Waals surface area contributed by atoms with Crippen LogP contribution in [0.25, 0.3) is 0 Å². The van der Waals surface area contributed by atoms with Crippen LogP contribution in [0.3, 0.4) is 0 Å². The van der Waals surface area contributed by atoms with Crippen molar-refractivity contribution in [1.82, 2.24) is 10.0 Å². The van der Waals surface area contributed by atoms with Crippen molar-refractivity contribution >= 4 is 26.0 Å². The Kier molecular flexibility index (Phi) is 4.72. The number of hydrogen-bond donors (Lipinski definition) is 2. The molecule has 0 saturated heterocycles. The van der Waals surface area contributed by atoms with Crippen molar-refractivity contribution in [2.45, 2.75) is 11.3 Å². The predicted molar refractivity (Wildman–Crippen MR) is 74.9 cm³/mol. The third-order valence-corrected chi connectivity index (χ3v) is 5.21. The Labute approximate surface area is 120 Å². The number of halogens is 2. The normalized spacial score (nSPS) is 16.2. The van der Waals surface area contributed by atoms with Gasteiger partial charge in [0.05, 0.1) is 4.90 Å². The van der Waals surface area contributed by atoms with Crippen LogP contribution in [0, 0.1) is 5.82 Å². The first-order valence-electron chi connectivity index (χ1n) is 5.82. The van der Waals surface area contributed by atoms with Crippen molar-refractivity contribution < 1.29 is 12.8 Å². The first-order valence-corrected chi connectivity index (χ1v) is 8.10. The van der Waals surface area contributed by atoms with E-state index in [1.807, 2.05) is 6.08 Å². The van der Waals surface area contributed by atoms with Crippen molar-refractivity contribution in [2.24, 2.45) is 0 Å². The van der Waals surface area contributed by atoms with Crippen LogP contribution in [0.5, 0.6) is 0 Å². The monoisotopic (exact) mass is 348 g/mol. The van der Waals surface area contributed by atoms with Crippen LogP contribution in [0.2, 0.25) is 0 Å². The SMILES string of the molecule is O=S(=O)(NCC1=CCNCC1)c1ccc(F)cc1Br. The summed E-state index contributed by atoms with van der Waals surface area (Å²) in [5.41, 5.74) is 1.06. The maximum absolute atomic E-state index is 13.0. The third kappa shape index (κ3) is 3.85. The summed E-state index contributed by atoms with van der Waals surface area (Å²) in [5, 5.41) is 3.16. The molecule has 0 saturated carbocycles. The highest BCUT2D eigenvalue weighted by molar-refractivity contribution is 9.10. The molecule has 2 N–H and O–H groups in total. The molecule has 19 heavy (non-hydrogen) atoms. The lowest BCUT2D eigenvalue weighted by atomic mass is 10.1. The maximum atomic E-state index is 13.0. The van der Waals surface area contributed by atoms with Gasteiger partial charge < -0.3 is 5.32 Å². The number of benzene rings is 1. The Balaban J connectivity index is 2.11. The Morgan fingerprint density at radius 1 is 1.42 bits per heavy atom. The molecule has 7 heteroatoms. The van der Waals surface area contributed by atoms with Gasteiger partial charge in [-0.3, -0.25) is 0 Å². The van der Waals surface area contributed by atoms with E-state index in [0.717, 1.165) is 37.2 Å². The summed E-state index contributed by atoms with van der Waals surface area (Å²) in [6.45, 7) is 1.90. The highest BCUT2D eigenvalue weighted by Gasteiger charge is 2.18. The summed E-state index contributed by atoms with van der Waals surface area (Å²) >= 11 is 3.07. The van der Waals surface area contributed by atoms with E-state index in [2.05, 4.69) is 26.0 Å². The van der Waals surface area contributed by atoms with Gasteiger partial charge in [-0.15, -0.1) is 0 Å². The molecule has 0 spiro atoms. The van der Waals surface area contributed by atoms with Crippen LogP contribution < -0.4 is 10.0 Å². The summed E-state index contributed by atoms with van der Waals surface area (Å²) in [6.07, 6.45) is 2.80. The first kappa shape index (κ1) is 14.6. The average molecular weight is 349 g/mol. The van der Waals surface area contributed by atoms with E-state index in [1.54, 1.807) is 0 Å². The largest absolute Gasteiger partial charge is 0.313 e. The van der Waals surface area contributed by atoms with E-state index in [9.17, 15) is 12.8 Å². The maximum Gasteiger partial charge on any atom is 0.241 e. The molecule has 1 aliphatic rings. The molecule has 1 aromatic carbocycles. The molecule has 0 bridgehead atoms. The van der Waals surface area contributed by atoms with E-state index in [-0.39, 0.29) is 15.9 Å². The highest BCUT2D eigenvalue weighted by atomic mass is 79.9. The van der Waals surface area contributed by atoms with Gasteiger partial charge in [0.25, 0.3) is 0 Å². The van der Waals surface area contributed by atoms with Crippen molar-refractivity contribution in [3.05, 3.63) is 40.1 Å². The second-order valence-electron chi connectivity index (χ2n) is 4.22. The summed E-state index contributed by atoms with van der Waals surface area (Å²) in [4.78, 5) is 0.0448. The molecule has 0 unspecified atom stereocenters. The Morgan fingerprint density at radius 3 is 2.84 bits per heavy atom. The number of nitrogens with one attached hydrogen (secondary N) is 2. The van der Waals surface area contributed by atoms with Gasteiger partial charge in [-0.1, -0.05) is 11.6 Å². The Morgan fingerprint density at radius 2 is 2.21 bits per heavy atom. The van der Waals surface area contributed by atoms with Gasteiger partial charge in [0, 0.05) is 17.6 Å². The molecule has 0 amide bonds. The zero-order chi connectivity index (χ0) is 13.9. The number of rotatable bonds is 4. The van der Waals surface area contributed by atoms with Crippen LogP contribution >= 0.6 is 15.9 Å². The smallest absolute Gasteiger partial charge is 0.241 e. The van der Waals surface area contributed by atoms with Crippen LogP contribution in [-0.4, -0.2) is 28.1 Å². The fourth-order valence-electron chi connectivity index (χ4n) is 1.79. The summed E-state index contributed by atoms with van der Waals surface area (Å²) < 4.78 is 39.9. The fraction of sp³-hybridized carbons (Fsp3) is 0.333. The van der Waals surface area contributed by atoms with Crippen molar-refractivity contribution in [1.29, 1.82) is 0 Å². The lowest BCUT2D eigenvalue weighted by molar-refractivity contribution is 0.580. The molecular formula is C12H14BrFN2O2S. The summed E-state index contributed by atoms with van der Waals surface area (Å²) in [5.74, 6) is -0.480. The van der Waals surface area contributed by atoms with Crippen LogP contribution in [0.15, 0.2) is 39.2 Å². The predicted octanol–water partition coefficient (Wildman–Crippen LogP) is 1.79. The van der Waals surface area contributed by atoms with Gasteiger partial charge in [0.15, 0.2) is 0 Å². The van der Waals surface area contributed by atoms with Crippen LogP contribution in [0.4, 0.5) is 4.39 Å². The van der Waals surface area contributed by atoms with Gasteiger partial charge in [-0.2, -0.15) is 0 Å². The minimum absolute atomic E-state index is 0.0448. The molecule has 0 radical (unpaired) electrons. The quantitative estimate of drug-likeness (QED) is 0.815. The molecule has 0 atom stereocenters. The minimum atomic E-state index is -3.63. The van der Waals surface area contributed by atoms with E-state index in [0.29, 0.717) is 0 Å². The molecule has 0 aromatic heterocycles. The van der Waals surface area contributed by atoms with Gasteiger partial charge in [0.2, 0.25) is 10.0 Å². The molecule has 0 aliphatic carbocycles. The molecule has 0 fully saturated rings. The molecule has 1 aliphatic heterocycles. The summed E-state index contributed by atoms with van der Waals surface area (Å²) in [7, 11) is -3.63. The van der Waals surface area contributed by atoms with E-state index in [1.165, 1.54) is 6.07 Å². The lowest BCUT2D eigenvalue weighted by Crippen LogP contribution is -2.29. The van der Waals surface area contributed by atoms with E-state index in [4.69, 9.17) is 0 Å². The Bertz CT molecular complexity index is 602. The Hall–Kier alpha value is -0.760. The lowest BCUT2D eigenvalue weighted by Gasteiger charge is -2.15. The zero-order valence-corrected chi connectivity index (χ0v) is 12.5. The van der Waals surface area contributed by atoms with E-state index < -0.39 is 15.8 Å². The molecule has 2 rings (SSSR count). The first-order chi connectivity index (χ1) is 8.99. The van der Waals surface area contributed by atoms with Gasteiger partial charge in [-0.25, -0.2) is 17.5 Å². The highest BCUT2D eigenvalue weighted by Crippen LogP contribution is 2.22. The molecular weight excluding hydrogens is 335 g/mol. The van der Waals surface area contributed by atoms with Gasteiger partial charge in [-0.05, 0) is 47.1 Å². The van der Waals surface area contributed by atoms with E-state index >= 15 is 0 Å². The van der Waals surface area contributed by atoms with Crippen LogP contribution in [0.1, 0.15) is 6.42 Å². The summed E-state index contributed by atoms with van der Waals surface area (Å²) in [6, 6.07) is 3.51. The van der Waals surface area contributed by atoms with Gasteiger partial charge >= 0.3 is 0 Å². The number of sulfonamides is 1. The molecule has 1 aromatic rings. The standard InChI is InChI=1S/C12H14BrFN2O2S/c13-11-7-10(14)1-2-12(11)19(17,18)16-8-9-3-5-15-6-4-9/h1-3,7,15-16H,4-6,8H2. The van der Waals surface area contributed by atoms with Crippen molar-refractivity contribution in [3.8, 4) is 0 Å². The molecule has 4 nitrogen and oxygen atoms in total. The van der Waals surface area contributed by atoms with Crippen molar-refractivity contribution in [2.75, 3.05) is 19.6 Å². The van der Waals surface area contributed by atoms with Gasteiger partial charge in [0.1, 0.15) is 5.82 Å². The topological polar surface area (TPSA) is 58.2 Å². The minimum Gasteiger partial charge on any atom is -0.313 e. The fourth-order valence-corrected chi connectivity index (χ4v) is 3.87. The average Bonchev–Trinajstić information content (AvgIpc) is 2.37. The molecule has 1 heterocycles. The number of hydrogen-bond acceptors (Lipinski definition) is 3. The van der Waals surface area contributed by atoms with Crippen LogP contribution in [-0.2, 0) is 10.0 Å². The zero-order valence-electron chi connectivity index (χ0n) is 10.1. The van der Waals surface area contributed by atoms with Crippen molar-refractivity contribution in [3.63, 3.8) is 0 Å². The third-order valence-electron chi connectivity index (χ3n) is 2.83.